The molecule has 23 heavy (non-hydrogen) atoms. The summed E-state index contributed by atoms with van der Waals surface area (Å²) in [5, 5.41) is 3.97. The average molecular weight is 345 g/mol. The van der Waals surface area contributed by atoms with Crippen molar-refractivity contribution in [3.05, 3.63) is 23.8 Å². The Kier molecular flexibility index (Phi) is 15.0. The van der Waals surface area contributed by atoms with Crippen molar-refractivity contribution in [3.63, 3.8) is 0 Å². The second-order valence-corrected chi connectivity index (χ2v) is 7.12. The van der Waals surface area contributed by atoms with Crippen molar-refractivity contribution >= 4 is 12.6 Å². The summed E-state index contributed by atoms with van der Waals surface area (Å²) in [7, 11) is 0. The van der Waals surface area contributed by atoms with Gasteiger partial charge in [0.05, 0.1) is 0 Å². The molecule has 0 heterocycles. The van der Waals surface area contributed by atoms with E-state index >= 15 is 0 Å². The van der Waals surface area contributed by atoms with Crippen LogP contribution in [0.1, 0.15) is 53.4 Å². The predicted octanol–water partition coefficient (Wildman–Crippen LogP) is 4.64. The highest BCUT2D eigenvalue weighted by Gasteiger charge is 2.04. The van der Waals surface area contributed by atoms with Gasteiger partial charge in [0, 0.05) is 26.1 Å². The van der Waals surface area contributed by atoms with E-state index in [1.807, 2.05) is 19.9 Å². The van der Waals surface area contributed by atoms with Crippen molar-refractivity contribution in [2.45, 2.75) is 64.8 Å². The lowest BCUT2D eigenvalue weighted by Gasteiger charge is -2.19. The third-order valence-electron chi connectivity index (χ3n) is 3.82. The molecule has 0 saturated carbocycles. The van der Waals surface area contributed by atoms with Gasteiger partial charge in [0.1, 0.15) is 6.17 Å². The van der Waals surface area contributed by atoms with E-state index in [0.717, 1.165) is 51.1 Å². The second kappa shape index (κ2) is 15.2. The molecule has 4 heteroatoms. The smallest absolute Gasteiger partial charge is 0.122 e. The fraction of sp³-hybridized carbons (Fsp3) is 0.789. The first-order chi connectivity index (χ1) is 11.0. The quantitative estimate of drug-likeness (QED) is 0.271. The van der Waals surface area contributed by atoms with Gasteiger partial charge in [-0.25, -0.2) is 4.39 Å². The molecule has 0 saturated heterocycles. The van der Waals surface area contributed by atoms with E-state index in [9.17, 15) is 4.39 Å². The third-order valence-corrected chi connectivity index (χ3v) is 4.08. The topological polar surface area (TPSA) is 15.3 Å². The average Bonchev–Trinajstić information content (AvgIpc) is 2.51. The van der Waals surface area contributed by atoms with Gasteiger partial charge >= 0.3 is 0 Å². The molecule has 2 unspecified atom stereocenters. The molecule has 0 aliphatic carbocycles. The molecule has 1 N–H and O–H groups in total. The van der Waals surface area contributed by atoms with Gasteiger partial charge in [0.25, 0.3) is 0 Å². The van der Waals surface area contributed by atoms with Crippen molar-refractivity contribution in [2.24, 2.45) is 0 Å². The van der Waals surface area contributed by atoms with Crippen LogP contribution in [-0.2, 0) is 0 Å². The highest BCUT2D eigenvalue weighted by atomic mass is 32.1. The number of halogens is 1. The Morgan fingerprint density at radius 3 is 2.65 bits per heavy atom. The van der Waals surface area contributed by atoms with Gasteiger partial charge in [0.2, 0.25) is 0 Å². The molecular formula is C19H37FN2S. The number of nitrogens with zero attached hydrogens (tertiary/aromatic N) is 1. The van der Waals surface area contributed by atoms with Crippen molar-refractivity contribution < 1.29 is 4.39 Å². The molecule has 2 atom stereocenters. The molecule has 0 aliphatic rings. The molecule has 0 aromatic rings. The van der Waals surface area contributed by atoms with Crippen LogP contribution in [0.15, 0.2) is 23.8 Å². The third kappa shape index (κ3) is 15.0. The highest BCUT2D eigenvalue weighted by Crippen LogP contribution is 2.10. The molecule has 0 bridgehead atoms. The Hall–Kier alpha value is -0.320. The lowest BCUT2D eigenvalue weighted by atomic mass is 10.1. The summed E-state index contributed by atoms with van der Waals surface area (Å²) in [6.45, 7) is 13.4. The van der Waals surface area contributed by atoms with Crippen molar-refractivity contribution in [1.82, 2.24) is 10.2 Å². The molecule has 0 aromatic carbocycles. The van der Waals surface area contributed by atoms with Gasteiger partial charge in [-0.1, -0.05) is 44.6 Å². The first-order valence-electron chi connectivity index (χ1n) is 9.07. The van der Waals surface area contributed by atoms with Crippen LogP contribution in [0.4, 0.5) is 4.39 Å². The summed E-state index contributed by atoms with van der Waals surface area (Å²) >= 11 is 4.39. The standard InChI is InChI=1S/C19H37FN2S/c1-5-7-10-19(20)16-17(3)11-14-22(6-2)15-13-21-12-8-9-18(4)23/h7,10-11,18-19,21,23H,5-6,8-9,12-16H2,1-4H3/b10-7?,17-11+. The number of allylic oxidation sites excluding steroid dienone is 3. The normalized spacial score (nSPS) is 15.5. The van der Waals surface area contributed by atoms with Gasteiger partial charge in [-0.05, 0) is 44.5 Å². The van der Waals surface area contributed by atoms with Crippen LogP contribution in [0.2, 0.25) is 0 Å². The summed E-state index contributed by atoms with van der Waals surface area (Å²) in [5.41, 5.74) is 1.13. The summed E-state index contributed by atoms with van der Waals surface area (Å²) in [5.74, 6) is 0. The Morgan fingerprint density at radius 2 is 2.04 bits per heavy atom. The van der Waals surface area contributed by atoms with Gasteiger partial charge < -0.3 is 5.32 Å². The first kappa shape index (κ1) is 22.7. The van der Waals surface area contributed by atoms with E-state index in [4.69, 9.17) is 0 Å². The van der Waals surface area contributed by atoms with E-state index in [1.165, 1.54) is 6.42 Å². The Morgan fingerprint density at radius 1 is 1.30 bits per heavy atom. The lowest BCUT2D eigenvalue weighted by molar-refractivity contribution is 0.315. The lowest BCUT2D eigenvalue weighted by Crippen LogP contribution is -2.32. The van der Waals surface area contributed by atoms with Crippen molar-refractivity contribution in [2.75, 3.05) is 32.7 Å². The molecule has 0 rings (SSSR count). The van der Waals surface area contributed by atoms with Crippen molar-refractivity contribution in [1.29, 1.82) is 0 Å². The Balaban J connectivity index is 3.90. The molecule has 0 spiro atoms. The maximum absolute atomic E-state index is 13.7. The predicted molar refractivity (Wildman–Crippen MR) is 105 cm³/mol. The summed E-state index contributed by atoms with van der Waals surface area (Å²) in [6, 6.07) is 0. The number of likely N-dealkylation sites (N-methyl/N-ethyl adjacent to an activating group) is 1. The first-order valence-corrected chi connectivity index (χ1v) is 9.58. The summed E-state index contributed by atoms with van der Waals surface area (Å²) in [6.07, 6.45) is 8.63. The van der Waals surface area contributed by atoms with Crippen LogP contribution < -0.4 is 5.32 Å². The van der Waals surface area contributed by atoms with Crippen LogP contribution in [0.25, 0.3) is 0 Å². The van der Waals surface area contributed by atoms with Crippen LogP contribution in [0.3, 0.4) is 0 Å². The highest BCUT2D eigenvalue weighted by molar-refractivity contribution is 7.80. The zero-order chi connectivity index (χ0) is 17.5. The van der Waals surface area contributed by atoms with Crippen molar-refractivity contribution in [3.8, 4) is 0 Å². The minimum Gasteiger partial charge on any atom is -0.315 e. The molecule has 0 fully saturated rings. The SMILES string of the molecule is CCC=CC(F)C/C(C)=C/CN(CC)CCNCCCC(C)S. The molecule has 2 nitrogen and oxygen atoms in total. The Labute approximate surface area is 149 Å². The number of nitrogens with one attached hydrogen (secondary N) is 1. The van der Waals surface area contributed by atoms with Gasteiger partial charge in [-0.3, -0.25) is 4.90 Å². The maximum Gasteiger partial charge on any atom is 0.122 e. The fourth-order valence-electron chi connectivity index (χ4n) is 2.29. The summed E-state index contributed by atoms with van der Waals surface area (Å²) in [4.78, 5) is 2.38. The van der Waals surface area contributed by atoms with Gasteiger partial charge in [0.15, 0.2) is 0 Å². The van der Waals surface area contributed by atoms with E-state index in [-0.39, 0.29) is 0 Å². The number of hydrogen-bond donors (Lipinski definition) is 2. The van der Waals surface area contributed by atoms with E-state index < -0.39 is 6.17 Å². The maximum atomic E-state index is 13.7. The zero-order valence-corrected chi connectivity index (χ0v) is 16.4. The zero-order valence-electron chi connectivity index (χ0n) is 15.5. The molecule has 0 radical (unpaired) electrons. The number of alkyl halides is 1. The van der Waals surface area contributed by atoms with Gasteiger partial charge in [-0.2, -0.15) is 12.6 Å². The Bertz CT molecular complexity index is 329. The number of hydrogen-bond acceptors (Lipinski definition) is 3. The molecule has 0 amide bonds. The number of rotatable bonds is 14. The largest absolute Gasteiger partial charge is 0.315 e. The summed E-state index contributed by atoms with van der Waals surface area (Å²) < 4.78 is 13.7. The fourth-order valence-corrected chi connectivity index (χ4v) is 2.47. The number of thiol groups is 1. The van der Waals surface area contributed by atoms with Crippen LogP contribution >= 0.6 is 12.6 Å². The molecule has 0 aliphatic heterocycles. The molecule has 0 aromatic heterocycles. The second-order valence-electron chi connectivity index (χ2n) is 6.24. The minimum absolute atomic E-state index is 0.489. The van der Waals surface area contributed by atoms with Crippen LogP contribution in [0, 0.1) is 0 Å². The van der Waals surface area contributed by atoms with Gasteiger partial charge in [-0.15, -0.1) is 0 Å². The van der Waals surface area contributed by atoms with E-state index in [2.05, 4.69) is 42.8 Å². The van der Waals surface area contributed by atoms with E-state index in [1.54, 1.807) is 6.08 Å². The monoisotopic (exact) mass is 344 g/mol. The molecular weight excluding hydrogens is 307 g/mol. The minimum atomic E-state index is -0.850. The van der Waals surface area contributed by atoms with Crippen LogP contribution in [-0.4, -0.2) is 49.0 Å². The molecule has 136 valence electrons. The van der Waals surface area contributed by atoms with Crippen LogP contribution in [0.5, 0.6) is 0 Å². The van der Waals surface area contributed by atoms with E-state index in [0.29, 0.717) is 11.7 Å².